The van der Waals surface area contributed by atoms with Gasteiger partial charge in [-0.2, -0.15) is 0 Å². The largest absolute Gasteiger partial charge is 0.392 e. The third kappa shape index (κ3) is 3.08. The van der Waals surface area contributed by atoms with Gasteiger partial charge >= 0.3 is 0 Å². The first-order chi connectivity index (χ1) is 8.69. The van der Waals surface area contributed by atoms with E-state index < -0.39 is 0 Å². The van der Waals surface area contributed by atoms with Crippen LogP contribution in [-0.2, 0) is 6.61 Å². The van der Waals surface area contributed by atoms with Crippen LogP contribution in [0.5, 0.6) is 0 Å². The van der Waals surface area contributed by atoms with Crippen LogP contribution in [0.1, 0.15) is 29.7 Å². The number of aryl methyl sites for hydroxylation is 1. The molecule has 2 N–H and O–H groups in total. The first kappa shape index (κ1) is 12.6. The monoisotopic (exact) mass is 242 g/mol. The average Bonchev–Trinajstić information content (AvgIpc) is 2.39. The second-order valence-electron chi connectivity index (χ2n) is 4.49. The Hall–Kier alpha value is -1.87. The summed E-state index contributed by atoms with van der Waals surface area (Å²) in [6.45, 7) is 4.20. The Morgan fingerprint density at radius 3 is 2.83 bits per heavy atom. The van der Waals surface area contributed by atoms with E-state index in [0.717, 1.165) is 16.9 Å². The van der Waals surface area contributed by atoms with E-state index in [4.69, 9.17) is 5.11 Å². The summed E-state index contributed by atoms with van der Waals surface area (Å²) in [6.07, 6.45) is 1.80. The molecule has 3 heteroatoms. The first-order valence-corrected chi connectivity index (χ1v) is 6.08. The maximum absolute atomic E-state index is 9.14. The summed E-state index contributed by atoms with van der Waals surface area (Å²) in [5.74, 6) is 0.872. The van der Waals surface area contributed by atoms with Gasteiger partial charge in [0.2, 0.25) is 0 Å². The van der Waals surface area contributed by atoms with Gasteiger partial charge in [-0.25, -0.2) is 4.98 Å². The summed E-state index contributed by atoms with van der Waals surface area (Å²) in [5.41, 5.74) is 3.26. The summed E-state index contributed by atoms with van der Waals surface area (Å²) >= 11 is 0. The van der Waals surface area contributed by atoms with Crippen LogP contribution >= 0.6 is 0 Å². The zero-order valence-corrected chi connectivity index (χ0v) is 10.7. The normalized spacial score (nSPS) is 12.2. The predicted octanol–water partition coefficient (Wildman–Crippen LogP) is 3.06. The minimum absolute atomic E-state index is 0.0727. The zero-order valence-electron chi connectivity index (χ0n) is 10.7. The second kappa shape index (κ2) is 5.65. The number of rotatable bonds is 4. The molecule has 1 unspecified atom stereocenters. The molecule has 0 amide bonds. The third-order valence-corrected chi connectivity index (χ3v) is 2.91. The molecule has 2 aromatic rings. The Labute approximate surface area is 108 Å². The number of nitrogens with one attached hydrogen (secondary N) is 1. The Bertz CT molecular complexity index is 525. The molecule has 0 fully saturated rings. The molecule has 18 heavy (non-hydrogen) atoms. The molecule has 0 saturated heterocycles. The van der Waals surface area contributed by atoms with Crippen LogP contribution in [-0.4, -0.2) is 10.1 Å². The fraction of sp³-hybridized carbons (Fsp3) is 0.267. The lowest BCUT2D eigenvalue weighted by Crippen LogP contribution is -2.08. The van der Waals surface area contributed by atoms with Crippen LogP contribution in [0.4, 0.5) is 5.82 Å². The maximum Gasteiger partial charge on any atom is 0.126 e. The van der Waals surface area contributed by atoms with Gasteiger partial charge < -0.3 is 10.4 Å². The van der Waals surface area contributed by atoms with E-state index in [2.05, 4.69) is 17.2 Å². The van der Waals surface area contributed by atoms with E-state index in [0.29, 0.717) is 0 Å². The summed E-state index contributed by atoms with van der Waals surface area (Å²) in [5, 5.41) is 12.5. The van der Waals surface area contributed by atoms with Crippen molar-refractivity contribution in [3.05, 3.63) is 59.3 Å². The molecule has 0 spiro atoms. The molecule has 1 aromatic heterocycles. The van der Waals surface area contributed by atoms with Gasteiger partial charge in [-0.15, -0.1) is 0 Å². The van der Waals surface area contributed by atoms with Gasteiger partial charge in [0, 0.05) is 12.2 Å². The molecule has 0 aliphatic heterocycles. The van der Waals surface area contributed by atoms with E-state index >= 15 is 0 Å². The topological polar surface area (TPSA) is 45.2 Å². The highest BCUT2D eigenvalue weighted by Gasteiger charge is 2.06. The van der Waals surface area contributed by atoms with Crippen molar-refractivity contribution in [1.82, 2.24) is 4.98 Å². The number of benzene rings is 1. The molecular formula is C15H18N2O. The lowest BCUT2D eigenvalue weighted by molar-refractivity contribution is 0.281. The van der Waals surface area contributed by atoms with Crippen LogP contribution in [0.25, 0.3) is 0 Å². The van der Waals surface area contributed by atoms with Gasteiger partial charge in [0.15, 0.2) is 0 Å². The molecule has 1 aromatic carbocycles. The fourth-order valence-corrected chi connectivity index (χ4v) is 1.88. The van der Waals surface area contributed by atoms with E-state index in [-0.39, 0.29) is 12.6 Å². The van der Waals surface area contributed by atoms with Crippen LogP contribution in [0.3, 0.4) is 0 Å². The summed E-state index contributed by atoms with van der Waals surface area (Å²) < 4.78 is 0. The van der Waals surface area contributed by atoms with Crippen LogP contribution in [0.2, 0.25) is 0 Å². The highest BCUT2D eigenvalue weighted by Crippen LogP contribution is 2.19. The quantitative estimate of drug-likeness (QED) is 0.866. The van der Waals surface area contributed by atoms with Crippen molar-refractivity contribution < 1.29 is 5.11 Å². The molecule has 94 valence electrons. The minimum Gasteiger partial charge on any atom is -0.392 e. The van der Waals surface area contributed by atoms with Crippen molar-refractivity contribution in [1.29, 1.82) is 0 Å². The number of hydrogen-bond acceptors (Lipinski definition) is 3. The number of aliphatic hydroxyl groups excluding tert-OH is 1. The maximum atomic E-state index is 9.14. The fourth-order valence-electron chi connectivity index (χ4n) is 1.88. The van der Waals surface area contributed by atoms with E-state index in [1.807, 2.05) is 43.3 Å². The summed E-state index contributed by atoms with van der Waals surface area (Å²) in [7, 11) is 0. The van der Waals surface area contributed by atoms with Crippen molar-refractivity contribution in [2.45, 2.75) is 26.5 Å². The molecule has 3 nitrogen and oxygen atoms in total. The highest BCUT2D eigenvalue weighted by atomic mass is 16.3. The number of aromatic nitrogens is 1. The van der Waals surface area contributed by atoms with Crippen LogP contribution in [0, 0.1) is 6.92 Å². The summed E-state index contributed by atoms with van der Waals surface area (Å²) in [4.78, 5) is 4.29. The molecule has 1 heterocycles. The molecule has 0 radical (unpaired) electrons. The van der Waals surface area contributed by atoms with Crippen molar-refractivity contribution in [2.75, 3.05) is 5.32 Å². The zero-order chi connectivity index (χ0) is 13.0. The number of anilines is 1. The van der Waals surface area contributed by atoms with Gasteiger partial charge in [0.1, 0.15) is 5.82 Å². The van der Waals surface area contributed by atoms with E-state index in [9.17, 15) is 0 Å². The molecule has 1 atom stereocenters. The third-order valence-electron chi connectivity index (χ3n) is 2.91. The smallest absolute Gasteiger partial charge is 0.126 e. The SMILES string of the molecule is Cc1ccnc(NC(C)c2cccc(CO)c2)c1. The second-order valence-corrected chi connectivity index (χ2v) is 4.49. The lowest BCUT2D eigenvalue weighted by Gasteiger charge is -2.16. The average molecular weight is 242 g/mol. The highest BCUT2D eigenvalue weighted by molar-refractivity contribution is 5.40. The molecule has 0 aliphatic rings. The predicted molar refractivity (Wildman–Crippen MR) is 73.4 cm³/mol. The Morgan fingerprint density at radius 2 is 2.11 bits per heavy atom. The minimum atomic E-state index is 0.0727. The Morgan fingerprint density at radius 1 is 1.28 bits per heavy atom. The number of pyridine rings is 1. The molecule has 2 rings (SSSR count). The van der Waals surface area contributed by atoms with Crippen molar-refractivity contribution in [3.8, 4) is 0 Å². The van der Waals surface area contributed by atoms with E-state index in [1.54, 1.807) is 6.20 Å². The first-order valence-electron chi connectivity index (χ1n) is 6.08. The molecular weight excluding hydrogens is 224 g/mol. The Kier molecular flexibility index (Phi) is 3.95. The molecule has 0 saturated carbocycles. The van der Waals surface area contributed by atoms with E-state index in [1.165, 1.54) is 5.56 Å². The standard InChI is InChI=1S/C15H18N2O/c1-11-6-7-16-15(8-11)17-12(2)14-5-3-4-13(9-14)10-18/h3-9,12,18H,10H2,1-2H3,(H,16,17). The van der Waals surface area contributed by atoms with Crippen molar-refractivity contribution >= 4 is 5.82 Å². The van der Waals surface area contributed by atoms with Gasteiger partial charge in [0.05, 0.1) is 6.61 Å². The lowest BCUT2D eigenvalue weighted by atomic mass is 10.1. The van der Waals surface area contributed by atoms with Crippen molar-refractivity contribution in [2.24, 2.45) is 0 Å². The summed E-state index contributed by atoms with van der Waals surface area (Å²) in [6, 6.07) is 12.1. The van der Waals surface area contributed by atoms with Crippen molar-refractivity contribution in [3.63, 3.8) is 0 Å². The van der Waals surface area contributed by atoms with Gasteiger partial charge in [-0.1, -0.05) is 24.3 Å². The molecule has 0 bridgehead atoms. The number of nitrogens with zero attached hydrogens (tertiary/aromatic N) is 1. The van der Waals surface area contributed by atoms with Gasteiger partial charge in [-0.3, -0.25) is 0 Å². The van der Waals surface area contributed by atoms with Gasteiger partial charge in [-0.05, 0) is 42.7 Å². The van der Waals surface area contributed by atoms with Crippen LogP contribution in [0.15, 0.2) is 42.6 Å². The molecule has 0 aliphatic carbocycles. The number of aliphatic hydroxyl groups is 1. The van der Waals surface area contributed by atoms with Gasteiger partial charge in [0.25, 0.3) is 0 Å². The Balaban J connectivity index is 2.13. The number of hydrogen-bond donors (Lipinski definition) is 2. The van der Waals surface area contributed by atoms with Crippen LogP contribution < -0.4 is 5.32 Å².